The molecule has 1 aliphatic heterocycles. The van der Waals surface area contributed by atoms with Crippen LogP contribution in [0.3, 0.4) is 0 Å². The lowest BCUT2D eigenvalue weighted by Crippen LogP contribution is -2.15. The quantitative estimate of drug-likeness (QED) is 0.750. The molecule has 82 valence electrons. The normalized spacial score (nSPS) is 13.8. The Morgan fingerprint density at radius 3 is 2.81 bits per heavy atom. The van der Waals surface area contributed by atoms with Gasteiger partial charge in [0, 0.05) is 22.6 Å². The van der Waals surface area contributed by atoms with Gasteiger partial charge in [-0.05, 0) is 12.1 Å². The minimum Gasteiger partial charge on any atom is -0.486 e. The highest BCUT2D eigenvalue weighted by Crippen LogP contribution is 2.39. The fraction of sp³-hybridized carbons (Fsp3) is 0.200. The predicted molar refractivity (Wildman–Crippen MR) is 63.4 cm³/mol. The Labute approximate surface area is 105 Å². The largest absolute Gasteiger partial charge is 0.486 e. The van der Waals surface area contributed by atoms with E-state index in [1.165, 1.54) is 0 Å². The first-order valence-electron chi connectivity index (χ1n) is 4.72. The number of aromatic nitrogens is 2. The van der Waals surface area contributed by atoms with Gasteiger partial charge >= 0.3 is 0 Å². The summed E-state index contributed by atoms with van der Waals surface area (Å²) in [5.74, 6) is 1.84. The number of rotatable bonds is 1. The van der Waals surface area contributed by atoms with Gasteiger partial charge < -0.3 is 13.9 Å². The van der Waals surface area contributed by atoms with Gasteiger partial charge in [0.2, 0.25) is 0 Å². The summed E-state index contributed by atoms with van der Waals surface area (Å²) in [5.41, 5.74) is 0.771. The van der Waals surface area contributed by atoms with Crippen LogP contribution in [-0.2, 0) is 0 Å². The molecule has 0 atom stereocenters. The van der Waals surface area contributed by atoms with Crippen LogP contribution in [-0.4, -0.2) is 23.4 Å². The zero-order valence-corrected chi connectivity index (χ0v) is 10.3. The third-order valence-electron chi connectivity index (χ3n) is 2.20. The van der Waals surface area contributed by atoms with Crippen molar-refractivity contribution in [3.63, 3.8) is 0 Å². The lowest BCUT2D eigenvalue weighted by molar-refractivity contribution is 0.172. The van der Waals surface area contributed by atoms with Crippen LogP contribution in [0.15, 0.2) is 22.6 Å². The summed E-state index contributed by atoms with van der Waals surface area (Å²) in [4.78, 5) is 0. The first-order chi connectivity index (χ1) is 7.84. The van der Waals surface area contributed by atoms with E-state index in [-0.39, 0.29) is 0 Å². The van der Waals surface area contributed by atoms with E-state index in [0.717, 1.165) is 11.3 Å². The summed E-state index contributed by atoms with van der Waals surface area (Å²) in [6, 6.07) is 5.61. The van der Waals surface area contributed by atoms with Gasteiger partial charge in [0.05, 0.1) is 5.56 Å². The van der Waals surface area contributed by atoms with Gasteiger partial charge in [-0.15, -0.1) is 10.2 Å². The van der Waals surface area contributed by atoms with Crippen molar-refractivity contribution in [2.45, 2.75) is 0 Å². The molecule has 0 bridgehead atoms. The zero-order chi connectivity index (χ0) is 11.0. The van der Waals surface area contributed by atoms with Crippen molar-refractivity contribution in [3.8, 4) is 23.0 Å². The molecule has 2 aromatic rings. The fourth-order valence-electron chi connectivity index (χ4n) is 1.56. The third kappa shape index (κ3) is 1.62. The first-order valence-corrected chi connectivity index (χ1v) is 5.80. The summed E-state index contributed by atoms with van der Waals surface area (Å²) >= 11 is 1.97. The maximum atomic E-state index is 5.56. The molecule has 1 aliphatic rings. The summed E-state index contributed by atoms with van der Waals surface area (Å²) in [5, 5.41) is 7.75. The average Bonchev–Trinajstić information content (AvgIpc) is 2.75. The van der Waals surface area contributed by atoms with Crippen LogP contribution in [0.4, 0.5) is 0 Å². The molecule has 0 saturated carbocycles. The topological polar surface area (TPSA) is 57.4 Å². The molecule has 0 aliphatic carbocycles. The summed E-state index contributed by atoms with van der Waals surface area (Å²) in [6.07, 6.45) is 0. The molecule has 16 heavy (non-hydrogen) atoms. The molecule has 0 spiro atoms. The zero-order valence-electron chi connectivity index (χ0n) is 8.14. The molecule has 0 fully saturated rings. The summed E-state index contributed by atoms with van der Waals surface area (Å²) in [6.45, 7) is 1.10. The van der Waals surface area contributed by atoms with Crippen LogP contribution in [0.1, 0.15) is 0 Å². The van der Waals surface area contributed by atoms with Crippen LogP contribution in [0.25, 0.3) is 11.5 Å². The lowest BCUT2D eigenvalue weighted by Gasteiger charge is -2.19. The van der Waals surface area contributed by atoms with Crippen LogP contribution in [0, 0.1) is 3.90 Å². The van der Waals surface area contributed by atoms with E-state index in [9.17, 15) is 0 Å². The van der Waals surface area contributed by atoms with Gasteiger partial charge in [0.15, 0.2) is 11.5 Å². The monoisotopic (exact) mass is 330 g/mol. The van der Waals surface area contributed by atoms with Crippen LogP contribution in [0.5, 0.6) is 11.5 Å². The van der Waals surface area contributed by atoms with Crippen molar-refractivity contribution in [2.24, 2.45) is 0 Å². The second-order valence-electron chi connectivity index (χ2n) is 3.19. The first kappa shape index (κ1) is 9.88. The highest BCUT2D eigenvalue weighted by Gasteiger charge is 2.19. The van der Waals surface area contributed by atoms with E-state index in [1.54, 1.807) is 0 Å². The highest BCUT2D eigenvalue weighted by molar-refractivity contribution is 14.1. The van der Waals surface area contributed by atoms with Gasteiger partial charge in [-0.3, -0.25) is 0 Å². The van der Waals surface area contributed by atoms with Crippen LogP contribution < -0.4 is 9.47 Å². The molecule has 0 N–H and O–H groups in total. The number of fused-ring (bicyclic) bond motifs is 1. The predicted octanol–water partition coefficient (Wildman–Crippen LogP) is 2.11. The standard InChI is InChI=1S/C10H7IN2O3/c11-10-13-12-9(16-10)6-2-1-3-7-8(6)15-5-4-14-7/h1-3H,4-5H2. The number of benzene rings is 1. The van der Waals surface area contributed by atoms with Gasteiger partial charge in [0.1, 0.15) is 13.2 Å². The molecule has 1 aromatic carbocycles. The number of nitrogens with zero attached hydrogens (tertiary/aromatic N) is 2. The lowest BCUT2D eigenvalue weighted by atomic mass is 10.2. The molecular formula is C10H7IN2O3. The van der Waals surface area contributed by atoms with Crippen molar-refractivity contribution < 1.29 is 13.9 Å². The molecule has 0 saturated heterocycles. The van der Waals surface area contributed by atoms with Crippen molar-refractivity contribution in [1.29, 1.82) is 0 Å². The maximum Gasteiger partial charge on any atom is 0.278 e. The molecule has 5 nitrogen and oxygen atoms in total. The molecule has 2 heterocycles. The number of hydrogen-bond donors (Lipinski definition) is 0. The molecule has 0 unspecified atom stereocenters. The van der Waals surface area contributed by atoms with E-state index >= 15 is 0 Å². The maximum absolute atomic E-state index is 5.56. The van der Waals surface area contributed by atoms with Crippen LogP contribution in [0.2, 0.25) is 0 Å². The fourth-order valence-corrected chi connectivity index (χ4v) is 1.87. The molecule has 6 heteroatoms. The molecule has 0 amide bonds. The Bertz CT molecular complexity index is 527. The van der Waals surface area contributed by atoms with Crippen LogP contribution >= 0.6 is 22.6 Å². The second kappa shape index (κ2) is 3.93. The minimum absolute atomic E-state index is 0.451. The van der Waals surface area contributed by atoms with Gasteiger partial charge in [-0.2, -0.15) is 0 Å². The molecule has 1 aromatic heterocycles. The molecule has 0 radical (unpaired) electrons. The molecule has 3 rings (SSSR count). The van der Waals surface area contributed by atoms with Crippen molar-refractivity contribution in [1.82, 2.24) is 10.2 Å². The Morgan fingerprint density at radius 1 is 1.12 bits per heavy atom. The van der Waals surface area contributed by atoms with Gasteiger partial charge in [0.25, 0.3) is 9.79 Å². The smallest absolute Gasteiger partial charge is 0.278 e. The highest BCUT2D eigenvalue weighted by atomic mass is 127. The minimum atomic E-state index is 0.451. The van der Waals surface area contributed by atoms with E-state index in [0.29, 0.717) is 28.8 Å². The SMILES string of the molecule is Ic1nnc(-c2cccc3c2OCCO3)o1. The number of ether oxygens (including phenoxy) is 2. The van der Waals surface area contributed by atoms with Crippen molar-refractivity contribution in [3.05, 3.63) is 22.1 Å². The average molecular weight is 330 g/mol. The third-order valence-corrected chi connectivity index (χ3v) is 2.63. The number of para-hydroxylation sites is 1. The molecular weight excluding hydrogens is 323 g/mol. The summed E-state index contributed by atoms with van der Waals surface area (Å²) < 4.78 is 16.9. The van der Waals surface area contributed by atoms with E-state index in [1.807, 2.05) is 40.8 Å². The van der Waals surface area contributed by atoms with Crippen molar-refractivity contribution >= 4 is 22.6 Å². The van der Waals surface area contributed by atoms with E-state index in [2.05, 4.69) is 10.2 Å². The number of hydrogen-bond acceptors (Lipinski definition) is 5. The summed E-state index contributed by atoms with van der Waals surface area (Å²) in [7, 11) is 0. The Hall–Kier alpha value is -1.31. The Morgan fingerprint density at radius 2 is 2.00 bits per heavy atom. The Kier molecular flexibility index (Phi) is 2.43. The van der Waals surface area contributed by atoms with Gasteiger partial charge in [-0.1, -0.05) is 6.07 Å². The second-order valence-corrected chi connectivity index (χ2v) is 4.11. The van der Waals surface area contributed by atoms with Gasteiger partial charge in [-0.25, -0.2) is 0 Å². The van der Waals surface area contributed by atoms with E-state index in [4.69, 9.17) is 13.9 Å². The Balaban J connectivity index is 2.13. The number of halogens is 1. The van der Waals surface area contributed by atoms with E-state index < -0.39 is 0 Å². The van der Waals surface area contributed by atoms with Crippen molar-refractivity contribution in [2.75, 3.05) is 13.2 Å².